The normalized spacial score (nSPS) is 10.6. The topological polar surface area (TPSA) is 50.7 Å². The Kier molecular flexibility index (Phi) is 2.32. The second-order valence-electron chi connectivity index (χ2n) is 3.01. The van der Waals surface area contributed by atoms with Crippen molar-refractivity contribution in [1.29, 1.82) is 0 Å². The third kappa shape index (κ3) is 1.66. The van der Waals surface area contributed by atoms with E-state index >= 15 is 0 Å². The molecule has 0 aliphatic heterocycles. The number of nitrogens with zero attached hydrogens (tertiary/aromatic N) is 2. The van der Waals surface area contributed by atoms with E-state index in [1.165, 1.54) is 22.8 Å². The highest BCUT2D eigenvalue weighted by Gasteiger charge is 2.08. The standard InChI is InChI=1S/C9H7ClFN3O/c1-5-12-13-9(15)14(5)6-2-3-8(11)7(10)4-6/h2-4H,1H3,(H,13,15). The third-order valence-electron chi connectivity index (χ3n) is 2.00. The molecule has 15 heavy (non-hydrogen) atoms. The number of aromatic amines is 1. The fourth-order valence-electron chi connectivity index (χ4n) is 1.30. The van der Waals surface area contributed by atoms with Crippen molar-refractivity contribution >= 4 is 11.6 Å². The second-order valence-corrected chi connectivity index (χ2v) is 3.42. The van der Waals surface area contributed by atoms with Gasteiger partial charge in [0.15, 0.2) is 0 Å². The monoisotopic (exact) mass is 227 g/mol. The van der Waals surface area contributed by atoms with Crippen molar-refractivity contribution in [2.24, 2.45) is 0 Å². The minimum Gasteiger partial charge on any atom is -0.247 e. The zero-order valence-corrected chi connectivity index (χ0v) is 8.55. The van der Waals surface area contributed by atoms with E-state index in [1.54, 1.807) is 6.92 Å². The first kappa shape index (κ1) is 9.92. The summed E-state index contributed by atoms with van der Waals surface area (Å²) < 4.78 is 14.2. The number of rotatable bonds is 1. The van der Waals surface area contributed by atoms with E-state index in [0.29, 0.717) is 11.5 Å². The zero-order valence-electron chi connectivity index (χ0n) is 7.79. The van der Waals surface area contributed by atoms with E-state index in [-0.39, 0.29) is 10.7 Å². The van der Waals surface area contributed by atoms with Crippen LogP contribution < -0.4 is 5.69 Å². The lowest BCUT2D eigenvalue weighted by molar-refractivity contribution is 0.627. The van der Waals surface area contributed by atoms with Crippen LogP contribution in [-0.4, -0.2) is 14.8 Å². The maximum Gasteiger partial charge on any atom is 0.347 e. The fourth-order valence-corrected chi connectivity index (χ4v) is 1.48. The first-order valence-electron chi connectivity index (χ1n) is 4.19. The van der Waals surface area contributed by atoms with Crippen LogP contribution >= 0.6 is 11.6 Å². The highest BCUT2D eigenvalue weighted by molar-refractivity contribution is 6.30. The number of halogens is 2. The van der Waals surface area contributed by atoms with Gasteiger partial charge in [-0.1, -0.05) is 11.6 Å². The van der Waals surface area contributed by atoms with Gasteiger partial charge >= 0.3 is 5.69 Å². The van der Waals surface area contributed by atoms with Gasteiger partial charge in [-0.25, -0.2) is 18.9 Å². The van der Waals surface area contributed by atoms with Crippen LogP contribution in [0.4, 0.5) is 4.39 Å². The Balaban J connectivity index is 2.65. The quantitative estimate of drug-likeness (QED) is 0.806. The van der Waals surface area contributed by atoms with Crippen LogP contribution in [0.5, 0.6) is 0 Å². The summed E-state index contributed by atoms with van der Waals surface area (Å²) in [6, 6.07) is 4.04. The molecule has 1 heterocycles. The number of aromatic nitrogens is 3. The Morgan fingerprint density at radius 2 is 2.27 bits per heavy atom. The molecule has 2 aromatic rings. The number of aryl methyl sites for hydroxylation is 1. The van der Waals surface area contributed by atoms with Gasteiger partial charge in [0.25, 0.3) is 0 Å². The molecule has 4 nitrogen and oxygen atoms in total. The van der Waals surface area contributed by atoms with Crippen molar-refractivity contribution in [2.45, 2.75) is 6.92 Å². The van der Waals surface area contributed by atoms with Crippen LogP contribution in [0.15, 0.2) is 23.0 Å². The van der Waals surface area contributed by atoms with Gasteiger partial charge in [-0.3, -0.25) is 0 Å². The molecule has 0 saturated carbocycles. The van der Waals surface area contributed by atoms with Gasteiger partial charge < -0.3 is 0 Å². The second kappa shape index (κ2) is 3.51. The molecule has 6 heteroatoms. The van der Waals surface area contributed by atoms with Crippen molar-refractivity contribution < 1.29 is 4.39 Å². The summed E-state index contributed by atoms with van der Waals surface area (Å²) in [5.74, 6) is -0.0303. The van der Waals surface area contributed by atoms with Crippen LogP contribution in [0, 0.1) is 12.7 Å². The van der Waals surface area contributed by atoms with Crippen molar-refractivity contribution in [3.63, 3.8) is 0 Å². The van der Waals surface area contributed by atoms with Crippen LogP contribution in [-0.2, 0) is 0 Å². The average Bonchev–Trinajstić information content (AvgIpc) is 2.52. The summed E-state index contributed by atoms with van der Waals surface area (Å²) in [7, 11) is 0. The Labute approximate surface area is 89.3 Å². The smallest absolute Gasteiger partial charge is 0.247 e. The van der Waals surface area contributed by atoms with Crippen molar-refractivity contribution in [1.82, 2.24) is 14.8 Å². The molecule has 1 aromatic heterocycles. The van der Waals surface area contributed by atoms with E-state index in [4.69, 9.17) is 11.6 Å². The minimum atomic E-state index is -0.519. The molecule has 0 aliphatic rings. The van der Waals surface area contributed by atoms with E-state index in [0.717, 1.165) is 0 Å². The highest BCUT2D eigenvalue weighted by atomic mass is 35.5. The van der Waals surface area contributed by atoms with Gasteiger partial charge in [-0.15, -0.1) is 0 Å². The minimum absolute atomic E-state index is 0.0278. The Bertz CT molecular complexity index is 561. The maximum absolute atomic E-state index is 12.9. The predicted octanol–water partition coefficient (Wildman–Crippen LogP) is 1.66. The summed E-state index contributed by atoms with van der Waals surface area (Å²) in [4.78, 5) is 11.3. The number of hydrogen-bond acceptors (Lipinski definition) is 2. The Morgan fingerprint density at radius 1 is 1.53 bits per heavy atom. The molecular weight excluding hydrogens is 221 g/mol. The van der Waals surface area contributed by atoms with E-state index in [2.05, 4.69) is 10.2 Å². The van der Waals surface area contributed by atoms with E-state index in [1.807, 2.05) is 0 Å². The molecule has 0 aliphatic carbocycles. The summed E-state index contributed by atoms with van der Waals surface area (Å²) in [6.07, 6.45) is 0. The fraction of sp³-hybridized carbons (Fsp3) is 0.111. The predicted molar refractivity (Wildman–Crippen MR) is 53.9 cm³/mol. The van der Waals surface area contributed by atoms with Gasteiger partial charge in [0, 0.05) is 0 Å². The van der Waals surface area contributed by atoms with E-state index < -0.39 is 5.82 Å². The molecule has 0 fully saturated rings. The van der Waals surface area contributed by atoms with Crippen molar-refractivity contribution in [2.75, 3.05) is 0 Å². The first-order valence-corrected chi connectivity index (χ1v) is 4.57. The van der Waals surface area contributed by atoms with Crippen LogP contribution in [0.1, 0.15) is 5.82 Å². The highest BCUT2D eigenvalue weighted by Crippen LogP contribution is 2.18. The van der Waals surface area contributed by atoms with Gasteiger partial charge in [-0.2, -0.15) is 5.10 Å². The summed E-state index contributed by atoms with van der Waals surface area (Å²) >= 11 is 5.61. The number of H-pyrrole nitrogens is 1. The molecule has 1 aromatic carbocycles. The average molecular weight is 228 g/mol. The van der Waals surface area contributed by atoms with Crippen LogP contribution in [0.25, 0.3) is 5.69 Å². The molecule has 78 valence electrons. The summed E-state index contributed by atoms with van der Waals surface area (Å²) in [6.45, 7) is 1.66. The van der Waals surface area contributed by atoms with Crippen molar-refractivity contribution in [3.05, 3.63) is 45.3 Å². The third-order valence-corrected chi connectivity index (χ3v) is 2.29. The molecular formula is C9H7ClFN3O. The largest absolute Gasteiger partial charge is 0.347 e. The molecule has 1 N–H and O–H groups in total. The molecule has 0 radical (unpaired) electrons. The summed E-state index contributed by atoms with van der Waals surface area (Å²) in [5.41, 5.74) is 0.104. The Morgan fingerprint density at radius 3 is 2.80 bits per heavy atom. The van der Waals surface area contributed by atoms with Crippen LogP contribution in [0.3, 0.4) is 0 Å². The molecule has 0 amide bonds. The number of benzene rings is 1. The molecule has 0 bridgehead atoms. The van der Waals surface area contributed by atoms with Gasteiger partial charge in [0.1, 0.15) is 11.6 Å². The van der Waals surface area contributed by atoms with Crippen molar-refractivity contribution in [3.8, 4) is 5.69 Å². The molecule has 0 unspecified atom stereocenters. The molecule has 0 spiro atoms. The van der Waals surface area contributed by atoms with Gasteiger partial charge in [0.2, 0.25) is 0 Å². The lowest BCUT2D eigenvalue weighted by Crippen LogP contribution is -2.15. The molecule has 0 saturated heterocycles. The maximum atomic E-state index is 12.9. The van der Waals surface area contributed by atoms with Crippen LogP contribution in [0.2, 0.25) is 5.02 Å². The first-order chi connectivity index (χ1) is 7.09. The number of nitrogens with one attached hydrogen (secondary N) is 1. The SMILES string of the molecule is Cc1n[nH]c(=O)n1-c1ccc(F)c(Cl)c1. The Hall–Kier alpha value is -1.62. The zero-order chi connectivity index (χ0) is 11.0. The molecule has 0 atom stereocenters. The lowest BCUT2D eigenvalue weighted by Gasteiger charge is -2.03. The lowest BCUT2D eigenvalue weighted by atomic mass is 10.3. The van der Waals surface area contributed by atoms with Gasteiger partial charge in [-0.05, 0) is 25.1 Å². The number of hydrogen-bond donors (Lipinski definition) is 1. The van der Waals surface area contributed by atoms with Gasteiger partial charge in [0.05, 0.1) is 10.7 Å². The molecule has 2 rings (SSSR count). The van der Waals surface area contributed by atoms with E-state index in [9.17, 15) is 9.18 Å². The summed E-state index contributed by atoms with van der Waals surface area (Å²) in [5, 5.41) is 6.00.